The van der Waals surface area contributed by atoms with Gasteiger partial charge < -0.3 is 8.83 Å². The van der Waals surface area contributed by atoms with E-state index in [1.165, 1.54) is 0 Å². The number of benzene rings is 7. The molecule has 0 radical (unpaired) electrons. The molecule has 0 atom stereocenters. The molecular weight excluding hydrogens is 615 g/mol. The van der Waals surface area contributed by atoms with Gasteiger partial charge in [-0.15, -0.1) is 0 Å². The summed E-state index contributed by atoms with van der Waals surface area (Å²) in [6.45, 7) is 0. The summed E-state index contributed by atoms with van der Waals surface area (Å²) in [5.74, 6) is 1.61. The zero-order valence-corrected chi connectivity index (χ0v) is 26.7. The summed E-state index contributed by atoms with van der Waals surface area (Å²) in [5, 5.41) is 4.11. The minimum Gasteiger partial charge on any atom is -0.455 e. The predicted molar refractivity (Wildman–Crippen MR) is 202 cm³/mol. The molecule has 5 nitrogen and oxygen atoms in total. The standard InChI is InChI=1S/C45H27N3O2/c1-3-13-28(14-4-1)30-17-9-18-31(27-30)43-46-44(37-24-11-21-34-33-19-7-8-26-39(33)49-41(34)37)48-45(47-43)38-25-12-23-36-35-22-10-20-32(40(35)50-42(36)38)29-15-5-2-6-16-29/h1-27H. The molecule has 0 saturated carbocycles. The number of aromatic nitrogens is 3. The van der Waals surface area contributed by atoms with Crippen LogP contribution in [0.2, 0.25) is 0 Å². The molecule has 0 aliphatic carbocycles. The number of nitrogens with zero attached hydrogens (tertiary/aromatic N) is 3. The summed E-state index contributed by atoms with van der Waals surface area (Å²) in [5.41, 5.74) is 9.94. The second-order valence-corrected chi connectivity index (χ2v) is 12.4. The third-order valence-electron chi connectivity index (χ3n) is 9.36. The van der Waals surface area contributed by atoms with E-state index in [1.54, 1.807) is 0 Å². The van der Waals surface area contributed by atoms with Crippen LogP contribution in [0.4, 0.5) is 0 Å². The monoisotopic (exact) mass is 641 g/mol. The van der Waals surface area contributed by atoms with Crippen molar-refractivity contribution in [1.82, 2.24) is 15.0 Å². The van der Waals surface area contributed by atoms with Crippen molar-refractivity contribution in [3.05, 3.63) is 164 Å². The Morgan fingerprint density at radius 2 is 0.760 bits per heavy atom. The minimum atomic E-state index is 0.522. The van der Waals surface area contributed by atoms with Crippen LogP contribution in [0.25, 0.3) is 100 Å². The average molecular weight is 642 g/mol. The molecule has 0 unspecified atom stereocenters. The molecule has 0 spiro atoms. The molecule has 0 aliphatic heterocycles. The molecule has 50 heavy (non-hydrogen) atoms. The molecule has 0 saturated heterocycles. The fraction of sp³-hybridized carbons (Fsp3) is 0. The summed E-state index contributed by atoms with van der Waals surface area (Å²) < 4.78 is 13.2. The van der Waals surface area contributed by atoms with E-state index in [1.807, 2.05) is 91.0 Å². The topological polar surface area (TPSA) is 65.0 Å². The van der Waals surface area contributed by atoms with Gasteiger partial charge in [0.15, 0.2) is 17.5 Å². The normalized spacial score (nSPS) is 11.6. The molecule has 7 aromatic carbocycles. The summed E-state index contributed by atoms with van der Waals surface area (Å²) >= 11 is 0. The van der Waals surface area contributed by atoms with Gasteiger partial charge in [0, 0.05) is 32.7 Å². The van der Waals surface area contributed by atoms with Gasteiger partial charge >= 0.3 is 0 Å². The first-order chi connectivity index (χ1) is 24.8. The summed E-state index contributed by atoms with van der Waals surface area (Å²) in [6.07, 6.45) is 0. The SMILES string of the molecule is c1ccc(-c2cccc(-c3nc(-c4cccc5c4oc4ccccc45)nc(-c4cccc5c4oc4c(-c6ccccc6)cccc45)n3)c2)cc1. The van der Waals surface area contributed by atoms with Gasteiger partial charge in [-0.25, -0.2) is 15.0 Å². The Hall–Kier alpha value is -6.85. The van der Waals surface area contributed by atoms with Crippen molar-refractivity contribution in [1.29, 1.82) is 0 Å². The molecule has 3 heterocycles. The third-order valence-corrected chi connectivity index (χ3v) is 9.36. The quantitative estimate of drug-likeness (QED) is 0.187. The zero-order chi connectivity index (χ0) is 33.0. The van der Waals surface area contributed by atoms with Crippen molar-refractivity contribution >= 4 is 43.9 Å². The Bertz CT molecular complexity index is 2870. The second-order valence-electron chi connectivity index (χ2n) is 12.4. The summed E-state index contributed by atoms with van der Waals surface area (Å²) in [7, 11) is 0. The van der Waals surface area contributed by atoms with Crippen LogP contribution < -0.4 is 0 Å². The van der Waals surface area contributed by atoms with E-state index in [-0.39, 0.29) is 0 Å². The Kier molecular flexibility index (Phi) is 6.42. The van der Waals surface area contributed by atoms with Gasteiger partial charge in [-0.1, -0.05) is 140 Å². The van der Waals surface area contributed by atoms with Gasteiger partial charge in [-0.2, -0.15) is 0 Å². The number of hydrogen-bond donors (Lipinski definition) is 0. The van der Waals surface area contributed by atoms with Crippen molar-refractivity contribution in [3.8, 4) is 56.4 Å². The van der Waals surface area contributed by atoms with Crippen molar-refractivity contribution < 1.29 is 8.83 Å². The van der Waals surface area contributed by atoms with Crippen LogP contribution in [0.15, 0.2) is 173 Å². The van der Waals surface area contributed by atoms with Crippen LogP contribution in [0.5, 0.6) is 0 Å². The Morgan fingerprint density at radius 1 is 0.300 bits per heavy atom. The van der Waals surface area contributed by atoms with Gasteiger partial charge in [0.25, 0.3) is 0 Å². The first-order valence-corrected chi connectivity index (χ1v) is 16.6. The van der Waals surface area contributed by atoms with Gasteiger partial charge in [0.05, 0.1) is 11.1 Å². The third kappa shape index (κ3) is 4.60. The highest BCUT2D eigenvalue weighted by molar-refractivity contribution is 6.13. The van der Waals surface area contributed by atoms with E-state index in [2.05, 4.69) is 72.8 Å². The summed E-state index contributed by atoms with van der Waals surface area (Å²) in [4.78, 5) is 15.4. The van der Waals surface area contributed by atoms with Gasteiger partial charge in [0.2, 0.25) is 0 Å². The molecule has 10 aromatic rings. The first kappa shape index (κ1) is 28.2. The molecule has 0 amide bonds. The fourth-order valence-electron chi connectivity index (χ4n) is 6.98. The molecule has 3 aromatic heterocycles. The largest absolute Gasteiger partial charge is 0.455 e. The van der Waals surface area contributed by atoms with Crippen molar-refractivity contribution in [2.45, 2.75) is 0 Å². The number of para-hydroxylation sites is 4. The average Bonchev–Trinajstić information content (AvgIpc) is 3.77. The second kappa shape index (κ2) is 11.4. The van der Waals surface area contributed by atoms with E-state index in [9.17, 15) is 0 Å². The number of fused-ring (bicyclic) bond motifs is 6. The summed E-state index contributed by atoms with van der Waals surface area (Å²) in [6, 6.07) is 55.7. The van der Waals surface area contributed by atoms with Crippen LogP contribution in [-0.4, -0.2) is 15.0 Å². The highest BCUT2D eigenvalue weighted by atomic mass is 16.3. The highest BCUT2D eigenvalue weighted by Crippen LogP contribution is 2.41. The molecule has 234 valence electrons. The van der Waals surface area contributed by atoms with Crippen LogP contribution in [0.3, 0.4) is 0 Å². The number of rotatable bonds is 5. The zero-order valence-electron chi connectivity index (χ0n) is 26.7. The Morgan fingerprint density at radius 3 is 1.46 bits per heavy atom. The Labute approximate surface area is 287 Å². The van der Waals surface area contributed by atoms with E-state index in [0.717, 1.165) is 82.8 Å². The molecule has 0 fully saturated rings. The molecule has 0 bridgehead atoms. The smallest absolute Gasteiger partial charge is 0.167 e. The molecule has 0 N–H and O–H groups in total. The molecule has 0 aliphatic rings. The fourth-order valence-corrected chi connectivity index (χ4v) is 6.98. The van der Waals surface area contributed by atoms with E-state index in [4.69, 9.17) is 23.8 Å². The molecule has 10 rings (SSSR count). The van der Waals surface area contributed by atoms with Crippen LogP contribution in [0, 0.1) is 0 Å². The lowest BCUT2D eigenvalue weighted by Crippen LogP contribution is -2.00. The van der Waals surface area contributed by atoms with E-state index >= 15 is 0 Å². The number of hydrogen-bond acceptors (Lipinski definition) is 5. The Balaban J connectivity index is 1.23. The predicted octanol–water partition coefficient (Wildman–Crippen LogP) is 12.0. The lowest BCUT2D eigenvalue weighted by Gasteiger charge is -2.10. The van der Waals surface area contributed by atoms with Crippen LogP contribution >= 0.6 is 0 Å². The molecule has 5 heteroatoms. The minimum absolute atomic E-state index is 0.522. The first-order valence-electron chi connectivity index (χ1n) is 16.6. The lowest BCUT2D eigenvalue weighted by atomic mass is 10.0. The van der Waals surface area contributed by atoms with Crippen molar-refractivity contribution in [3.63, 3.8) is 0 Å². The van der Waals surface area contributed by atoms with Gasteiger partial charge in [0.1, 0.15) is 22.3 Å². The maximum Gasteiger partial charge on any atom is 0.167 e. The van der Waals surface area contributed by atoms with E-state index < -0.39 is 0 Å². The van der Waals surface area contributed by atoms with Crippen LogP contribution in [-0.2, 0) is 0 Å². The van der Waals surface area contributed by atoms with Gasteiger partial charge in [-0.05, 0) is 41.0 Å². The van der Waals surface area contributed by atoms with Crippen molar-refractivity contribution in [2.24, 2.45) is 0 Å². The van der Waals surface area contributed by atoms with Crippen LogP contribution in [0.1, 0.15) is 0 Å². The molecular formula is C45H27N3O2. The lowest BCUT2D eigenvalue weighted by molar-refractivity contribution is 0.669. The number of furan rings is 2. The maximum atomic E-state index is 6.78. The van der Waals surface area contributed by atoms with E-state index in [0.29, 0.717) is 17.5 Å². The maximum absolute atomic E-state index is 6.78. The highest BCUT2D eigenvalue weighted by Gasteiger charge is 2.21. The van der Waals surface area contributed by atoms with Gasteiger partial charge in [-0.3, -0.25) is 0 Å². The van der Waals surface area contributed by atoms with Crippen molar-refractivity contribution in [2.75, 3.05) is 0 Å².